The number of rotatable bonds is 3. The zero-order valence-corrected chi connectivity index (χ0v) is 17.5. The first-order chi connectivity index (χ1) is 12.8. The fraction of sp³-hybridized carbons (Fsp3) is 0.480. The Labute approximate surface area is 169 Å². The van der Waals surface area contributed by atoms with Crippen LogP contribution >= 0.6 is 11.6 Å². The second kappa shape index (κ2) is 8.07. The van der Waals surface area contributed by atoms with Gasteiger partial charge in [0, 0.05) is 16.4 Å². The second-order valence-corrected chi connectivity index (χ2v) is 9.30. The summed E-state index contributed by atoms with van der Waals surface area (Å²) in [4.78, 5) is 0. The van der Waals surface area contributed by atoms with Crippen LogP contribution in [0.5, 0.6) is 0 Å². The van der Waals surface area contributed by atoms with Crippen molar-refractivity contribution >= 4 is 11.6 Å². The molecule has 3 rings (SSSR count). The molecule has 2 aliphatic carbocycles. The van der Waals surface area contributed by atoms with Crippen LogP contribution in [-0.4, -0.2) is 0 Å². The molecule has 3 unspecified atom stereocenters. The molecule has 142 valence electrons. The summed E-state index contributed by atoms with van der Waals surface area (Å²) in [5.41, 5.74) is 4.82. The number of hydrogen-bond donors (Lipinski definition) is 0. The Kier molecular flexibility index (Phi) is 5.97. The molecule has 0 saturated heterocycles. The summed E-state index contributed by atoms with van der Waals surface area (Å²) in [6.07, 6.45) is 11.8. The van der Waals surface area contributed by atoms with Gasteiger partial charge in [-0.3, -0.25) is 0 Å². The fourth-order valence-electron chi connectivity index (χ4n) is 4.65. The van der Waals surface area contributed by atoms with Crippen molar-refractivity contribution in [2.45, 2.75) is 64.2 Å². The summed E-state index contributed by atoms with van der Waals surface area (Å²) >= 11 is 6.67. The van der Waals surface area contributed by atoms with Gasteiger partial charge in [-0.25, -0.2) is 0 Å². The van der Waals surface area contributed by atoms with Gasteiger partial charge in [0.2, 0.25) is 0 Å². The quantitative estimate of drug-likeness (QED) is 0.533. The Morgan fingerprint density at radius 3 is 2.70 bits per heavy atom. The molecule has 0 aromatic heterocycles. The lowest BCUT2D eigenvalue weighted by atomic mass is 9.71. The molecule has 0 aliphatic heterocycles. The SMILES string of the molecule is C=C1C=CC(C(C)(C)c2cc(C3CC(C)CC(C#N)C3)ccc2Cl)=CCC1. The smallest absolute Gasteiger partial charge is 0.0656 e. The minimum atomic E-state index is -0.164. The predicted molar refractivity (Wildman–Crippen MR) is 115 cm³/mol. The molecule has 1 aromatic carbocycles. The summed E-state index contributed by atoms with van der Waals surface area (Å²) in [5.74, 6) is 1.21. The highest BCUT2D eigenvalue weighted by Gasteiger charge is 2.31. The summed E-state index contributed by atoms with van der Waals surface area (Å²) in [5, 5.41) is 10.2. The Hall–Kier alpha value is -1.78. The zero-order chi connectivity index (χ0) is 19.6. The third-order valence-electron chi connectivity index (χ3n) is 6.31. The molecule has 0 spiro atoms. The van der Waals surface area contributed by atoms with Crippen molar-refractivity contribution in [1.29, 1.82) is 5.26 Å². The largest absolute Gasteiger partial charge is 0.198 e. The van der Waals surface area contributed by atoms with Crippen molar-refractivity contribution in [3.63, 3.8) is 0 Å². The van der Waals surface area contributed by atoms with Crippen molar-refractivity contribution in [3.05, 3.63) is 70.3 Å². The molecule has 0 bridgehead atoms. The van der Waals surface area contributed by atoms with Gasteiger partial charge in [0.25, 0.3) is 0 Å². The first-order valence-corrected chi connectivity index (χ1v) is 10.4. The summed E-state index contributed by atoms with van der Waals surface area (Å²) in [6, 6.07) is 9.02. The van der Waals surface area contributed by atoms with Crippen LogP contribution in [0.1, 0.15) is 69.9 Å². The highest BCUT2D eigenvalue weighted by atomic mass is 35.5. The maximum Gasteiger partial charge on any atom is 0.0656 e. The molecule has 0 heterocycles. The number of nitrogens with zero attached hydrogens (tertiary/aromatic N) is 1. The number of nitriles is 1. The molecular formula is C25H30ClN. The number of benzene rings is 1. The maximum absolute atomic E-state index is 9.43. The van der Waals surface area contributed by atoms with Crippen LogP contribution in [0.15, 0.2) is 54.2 Å². The molecule has 1 aromatic rings. The number of allylic oxidation sites excluding steroid dienone is 5. The third-order valence-corrected chi connectivity index (χ3v) is 6.64. The molecule has 1 fully saturated rings. The van der Waals surface area contributed by atoms with Gasteiger partial charge in [-0.05, 0) is 66.7 Å². The Bertz CT molecular complexity index is 821. The van der Waals surface area contributed by atoms with Gasteiger partial charge in [-0.2, -0.15) is 5.26 Å². The highest BCUT2D eigenvalue weighted by Crippen LogP contribution is 2.43. The topological polar surface area (TPSA) is 23.8 Å². The summed E-state index contributed by atoms with van der Waals surface area (Å²) in [6.45, 7) is 10.9. The predicted octanol–water partition coefficient (Wildman–Crippen LogP) is 7.49. The molecule has 0 radical (unpaired) electrons. The molecule has 1 saturated carbocycles. The third kappa shape index (κ3) is 4.39. The Morgan fingerprint density at radius 2 is 1.96 bits per heavy atom. The average molecular weight is 380 g/mol. The zero-order valence-electron chi connectivity index (χ0n) is 16.8. The van der Waals surface area contributed by atoms with Crippen molar-refractivity contribution in [2.24, 2.45) is 11.8 Å². The molecule has 27 heavy (non-hydrogen) atoms. The number of halogens is 1. The van der Waals surface area contributed by atoms with E-state index in [1.165, 1.54) is 22.3 Å². The fourth-order valence-corrected chi connectivity index (χ4v) is 5.00. The molecule has 3 atom stereocenters. The highest BCUT2D eigenvalue weighted by molar-refractivity contribution is 6.31. The van der Waals surface area contributed by atoms with E-state index in [2.05, 4.69) is 69.8 Å². The monoisotopic (exact) mass is 379 g/mol. The van der Waals surface area contributed by atoms with Crippen LogP contribution in [0.2, 0.25) is 5.02 Å². The second-order valence-electron chi connectivity index (χ2n) is 8.89. The van der Waals surface area contributed by atoms with Gasteiger partial charge >= 0.3 is 0 Å². The van der Waals surface area contributed by atoms with Crippen molar-refractivity contribution in [2.75, 3.05) is 0 Å². The molecule has 2 aliphatic rings. The van der Waals surface area contributed by atoms with Crippen LogP contribution in [0, 0.1) is 23.2 Å². The van der Waals surface area contributed by atoms with E-state index >= 15 is 0 Å². The first-order valence-electron chi connectivity index (χ1n) is 10.1. The van der Waals surface area contributed by atoms with E-state index in [1.807, 2.05) is 0 Å². The average Bonchev–Trinajstić information content (AvgIpc) is 2.86. The van der Waals surface area contributed by atoms with E-state index in [4.69, 9.17) is 11.6 Å². The Morgan fingerprint density at radius 1 is 1.19 bits per heavy atom. The van der Waals surface area contributed by atoms with E-state index in [0.29, 0.717) is 11.8 Å². The Balaban J connectivity index is 1.95. The van der Waals surface area contributed by atoms with Crippen LogP contribution in [-0.2, 0) is 5.41 Å². The van der Waals surface area contributed by atoms with E-state index in [1.54, 1.807) is 0 Å². The van der Waals surface area contributed by atoms with E-state index < -0.39 is 0 Å². The van der Waals surface area contributed by atoms with Gasteiger partial charge < -0.3 is 0 Å². The first kappa shape index (κ1) is 20.0. The van der Waals surface area contributed by atoms with Gasteiger partial charge in [0.05, 0.1) is 6.07 Å². The number of hydrogen-bond acceptors (Lipinski definition) is 1. The molecule has 2 heteroatoms. The van der Waals surface area contributed by atoms with Gasteiger partial charge in [0.15, 0.2) is 0 Å². The summed E-state index contributed by atoms with van der Waals surface area (Å²) in [7, 11) is 0. The lowest BCUT2D eigenvalue weighted by molar-refractivity contribution is 0.295. The van der Waals surface area contributed by atoms with Crippen molar-refractivity contribution < 1.29 is 0 Å². The maximum atomic E-state index is 9.43. The van der Waals surface area contributed by atoms with Crippen molar-refractivity contribution in [1.82, 2.24) is 0 Å². The van der Waals surface area contributed by atoms with Gasteiger partial charge in [-0.15, -0.1) is 0 Å². The van der Waals surface area contributed by atoms with Crippen LogP contribution in [0.25, 0.3) is 0 Å². The van der Waals surface area contributed by atoms with Crippen LogP contribution in [0.4, 0.5) is 0 Å². The standard InChI is InChI=1S/C25H30ClN/c1-17-6-5-7-22(10-8-17)25(3,4)23-15-20(9-11-24(23)26)21-13-18(2)12-19(14-21)16-27/h7-11,15,18-19,21H,1,5-6,12-14H2,2-4H3. The lowest BCUT2D eigenvalue weighted by Gasteiger charge is -2.33. The molecule has 0 amide bonds. The minimum absolute atomic E-state index is 0.164. The lowest BCUT2D eigenvalue weighted by Crippen LogP contribution is -2.22. The van der Waals surface area contributed by atoms with Crippen molar-refractivity contribution in [3.8, 4) is 6.07 Å². The molecular weight excluding hydrogens is 350 g/mol. The van der Waals surface area contributed by atoms with Gasteiger partial charge in [0.1, 0.15) is 0 Å². The van der Waals surface area contributed by atoms with Gasteiger partial charge in [-0.1, -0.05) is 74.9 Å². The van der Waals surface area contributed by atoms with Crippen LogP contribution in [0.3, 0.4) is 0 Å². The molecule has 0 N–H and O–H groups in total. The van der Waals surface area contributed by atoms with E-state index in [9.17, 15) is 5.26 Å². The summed E-state index contributed by atoms with van der Waals surface area (Å²) < 4.78 is 0. The van der Waals surface area contributed by atoms with E-state index in [-0.39, 0.29) is 11.3 Å². The van der Waals surface area contributed by atoms with E-state index in [0.717, 1.165) is 37.1 Å². The normalized spacial score (nSPS) is 26.3. The minimum Gasteiger partial charge on any atom is -0.198 e. The van der Waals surface area contributed by atoms with Crippen LogP contribution < -0.4 is 0 Å². The molecule has 1 nitrogen and oxygen atoms in total.